The molecule has 2 atom stereocenters. The second-order valence-corrected chi connectivity index (χ2v) is 5.76. The Hall–Kier alpha value is -1.50. The summed E-state index contributed by atoms with van der Waals surface area (Å²) in [7, 11) is 0. The number of amides is 1. The Labute approximate surface area is 115 Å². The molecule has 0 aliphatic heterocycles. The van der Waals surface area contributed by atoms with Gasteiger partial charge in [-0.2, -0.15) is 11.8 Å². The van der Waals surface area contributed by atoms with Crippen molar-refractivity contribution in [3.8, 4) is 0 Å². The van der Waals surface area contributed by atoms with Crippen molar-refractivity contribution in [2.75, 3.05) is 6.26 Å². The number of nitrogens with one attached hydrogen (secondary N) is 2. The number of rotatable bonds is 4. The molecule has 1 heterocycles. The van der Waals surface area contributed by atoms with Crippen LogP contribution in [0.4, 0.5) is 0 Å². The first-order valence-corrected chi connectivity index (χ1v) is 7.51. The molecule has 0 spiro atoms. The number of aromatic amines is 1. The van der Waals surface area contributed by atoms with Crippen LogP contribution in [0.3, 0.4) is 0 Å². The van der Waals surface area contributed by atoms with E-state index in [1.807, 2.05) is 11.8 Å². The zero-order chi connectivity index (χ0) is 13.8. The van der Waals surface area contributed by atoms with Crippen LogP contribution in [0, 0.1) is 0 Å². The minimum atomic E-state index is -1.17. The number of thioether (sulfide) groups is 1. The largest absolute Gasteiger partial charge is 0.477 e. The third-order valence-corrected chi connectivity index (χ3v) is 4.46. The highest BCUT2D eigenvalue weighted by Gasteiger charge is 2.26. The Morgan fingerprint density at radius 1 is 1.53 bits per heavy atom. The van der Waals surface area contributed by atoms with Crippen LogP contribution in [0.5, 0.6) is 0 Å². The van der Waals surface area contributed by atoms with E-state index in [4.69, 9.17) is 5.11 Å². The van der Waals surface area contributed by atoms with Crippen molar-refractivity contribution in [3.05, 3.63) is 17.7 Å². The zero-order valence-electron chi connectivity index (χ0n) is 10.7. The molecule has 1 aromatic rings. The number of hydrogen-bond acceptors (Lipinski definition) is 4. The van der Waals surface area contributed by atoms with E-state index < -0.39 is 11.9 Å². The Kier molecular flexibility index (Phi) is 4.47. The third-order valence-electron chi connectivity index (χ3n) is 3.36. The lowest BCUT2D eigenvalue weighted by atomic mass is 9.95. The SMILES string of the molecule is CSC1CCCC(NC(=O)c2nc[nH]c2C(=O)O)C1. The molecule has 6 nitrogen and oxygen atoms in total. The predicted molar refractivity (Wildman–Crippen MR) is 72.6 cm³/mol. The summed E-state index contributed by atoms with van der Waals surface area (Å²) in [5, 5.41) is 12.4. The smallest absolute Gasteiger partial charge is 0.354 e. The first-order valence-electron chi connectivity index (χ1n) is 6.22. The van der Waals surface area contributed by atoms with Gasteiger partial charge in [-0.05, 0) is 25.5 Å². The number of carbonyl (C=O) groups is 2. The molecule has 1 fully saturated rings. The van der Waals surface area contributed by atoms with Gasteiger partial charge in [0.05, 0.1) is 6.33 Å². The molecule has 2 unspecified atom stereocenters. The monoisotopic (exact) mass is 283 g/mol. The second-order valence-electron chi connectivity index (χ2n) is 4.63. The molecule has 19 heavy (non-hydrogen) atoms. The maximum Gasteiger partial charge on any atom is 0.354 e. The van der Waals surface area contributed by atoms with Crippen LogP contribution in [0.1, 0.15) is 46.7 Å². The molecule has 0 aromatic carbocycles. The summed E-state index contributed by atoms with van der Waals surface area (Å²) in [5.41, 5.74) is -0.200. The third kappa shape index (κ3) is 3.28. The lowest BCUT2D eigenvalue weighted by molar-refractivity contribution is 0.0684. The average molecular weight is 283 g/mol. The molecule has 1 aromatic heterocycles. The average Bonchev–Trinajstić information content (AvgIpc) is 2.88. The summed E-state index contributed by atoms with van der Waals surface area (Å²) >= 11 is 1.81. The number of H-pyrrole nitrogens is 1. The van der Waals surface area contributed by atoms with Gasteiger partial charge in [-0.1, -0.05) is 6.42 Å². The summed E-state index contributed by atoms with van der Waals surface area (Å²) in [6.07, 6.45) is 7.43. The van der Waals surface area contributed by atoms with Crippen LogP contribution in [0.2, 0.25) is 0 Å². The number of carboxylic acid groups (broad SMARTS) is 1. The Balaban J connectivity index is 2.00. The van der Waals surface area contributed by atoms with Gasteiger partial charge in [-0.25, -0.2) is 9.78 Å². The molecule has 7 heteroatoms. The molecule has 1 aliphatic carbocycles. The summed E-state index contributed by atoms with van der Waals surface area (Å²) in [5.74, 6) is -1.58. The minimum Gasteiger partial charge on any atom is -0.477 e. The summed E-state index contributed by atoms with van der Waals surface area (Å²) in [4.78, 5) is 29.2. The minimum absolute atomic E-state index is 0.0428. The molecule has 1 saturated carbocycles. The van der Waals surface area contributed by atoms with Crippen molar-refractivity contribution in [2.45, 2.75) is 37.0 Å². The molecule has 2 rings (SSSR count). The van der Waals surface area contributed by atoms with Crippen LogP contribution in [-0.4, -0.2) is 44.5 Å². The lowest BCUT2D eigenvalue weighted by Gasteiger charge is -2.28. The Morgan fingerprint density at radius 2 is 2.32 bits per heavy atom. The van der Waals surface area contributed by atoms with Crippen LogP contribution >= 0.6 is 11.8 Å². The van der Waals surface area contributed by atoms with Gasteiger partial charge in [0, 0.05) is 11.3 Å². The fraction of sp³-hybridized carbons (Fsp3) is 0.583. The molecule has 0 bridgehead atoms. The van der Waals surface area contributed by atoms with Crippen LogP contribution in [-0.2, 0) is 0 Å². The highest BCUT2D eigenvalue weighted by Crippen LogP contribution is 2.27. The molecule has 1 aliphatic rings. The molecular formula is C12H17N3O3S. The van der Waals surface area contributed by atoms with Gasteiger partial charge in [-0.15, -0.1) is 0 Å². The standard InChI is InChI=1S/C12H17N3O3S/c1-19-8-4-2-3-7(5-8)15-11(16)9-10(12(17)18)14-6-13-9/h6-8H,2-5H2,1H3,(H,13,14)(H,15,16)(H,17,18). The summed E-state index contributed by atoms with van der Waals surface area (Å²) in [6, 6.07) is 0.108. The van der Waals surface area contributed by atoms with Crippen LogP contribution in [0.15, 0.2) is 6.33 Å². The van der Waals surface area contributed by atoms with E-state index in [1.165, 1.54) is 12.7 Å². The van der Waals surface area contributed by atoms with Gasteiger partial charge in [0.2, 0.25) is 0 Å². The van der Waals surface area contributed by atoms with Crippen molar-refractivity contribution in [3.63, 3.8) is 0 Å². The van der Waals surface area contributed by atoms with Gasteiger partial charge >= 0.3 is 5.97 Å². The van der Waals surface area contributed by atoms with E-state index in [9.17, 15) is 9.59 Å². The highest BCUT2D eigenvalue weighted by molar-refractivity contribution is 7.99. The van der Waals surface area contributed by atoms with Gasteiger partial charge in [0.15, 0.2) is 11.4 Å². The van der Waals surface area contributed by atoms with Crippen molar-refractivity contribution in [1.29, 1.82) is 0 Å². The normalized spacial score (nSPS) is 23.0. The van der Waals surface area contributed by atoms with E-state index in [2.05, 4.69) is 21.5 Å². The Morgan fingerprint density at radius 3 is 3.00 bits per heavy atom. The van der Waals surface area contributed by atoms with E-state index in [0.29, 0.717) is 5.25 Å². The molecular weight excluding hydrogens is 266 g/mol. The first-order chi connectivity index (χ1) is 9.11. The zero-order valence-corrected chi connectivity index (χ0v) is 11.5. The number of imidazole rings is 1. The maximum absolute atomic E-state index is 12.0. The topological polar surface area (TPSA) is 95.1 Å². The number of aromatic nitrogens is 2. The number of hydrogen-bond donors (Lipinski definition) is 3. The first kappa shape index (κ1) is 13.9. The number of aromatic carboxylic acids is 1. The molecule has 0 radical (unpaired) electrons. The van der Waals surface area contributed by atoms with Crippen LogP contribution < -0.4 is 5.32 Å². The van der Waals surface area contributed by atoms with Crippen LogP contribution in [0.25, 0.3) is 0 Å². The van der Waals surface area contributed by atoms with E-state index in [-0.39, 0.29) is 17.4 Å². The number of carbonyl (C=O) groups excluding carboxylic acids is 1. The van der Waals surface area contributed by atoms with E-state index >= 15 is 0 Å². The van der Waals surface area contributed by atoms with Gasteiger partial charge in [0.1, 0.15) is 0 Å². The predicted octanol–water partition coefficient (Wildman–Crippen LogP) is 1.51. The maximum atomic E-state index is 12.0. The van der Waals surface area contributed by atoms with Crippen molar-refractivity contribution >= 4 is 23.6 Å². The Bertz CT molecular complexity index is 475. The molecule has 0 saturated heterocycles. The lowest BCUT2D eigenvalue weighted by Crippen LogP contribution is -2.39. The van der Waals surface area contributed by atoms with Crippen molar-refractivity contribution in [1.82, 2.24) is 15.3 Å². The number of nitrogens with zero attached hydrogens (tertiary/aromatic N) is 1. The van der Waals surface area contributed by atoms with Gasteiger partial charge in [-0.3, -0.25) is 4.79 Å². The highest BCUT2D eigenvalue weighted by atomic mass is 32.2. The fourth-order valence-electron chi connectivity index (χ4n) is 2.37. The molecule has 3 N–H and O–H groups in total. The quantitative estimate of drug-likeness (QED) is 0.778. The van der Waals surface area contributed by atoms with Gasteiger partial charge in [0.25, 0.3) is 5.91 Å². The molecule has 1 amide bonds. The van der Waals surface area contributed by atoms with Gasteiger partial charge < -0.3 is 15.4 Å². The van der Waals surface area contributed by atoms with E-state index in [0.717, 1.165) is 19.3 Å². The summed E-state index contributed by atoms with van der Waals surface area (Å²) in [6.45, 7) is 0. The second kappa shape index (κ2) is 6.10. The summed E-state index contributed by atoms with van der Waals surface area (Å²) < 4.78 is 0. The number of carboxylic acids is 1. The van der Waals surface area contributed by atoms with Crippen molar-refractivity contribution < 1.29 is 14.7 Å². The molecule has 104 valence electrons. The van der Waals surface area contributed by atoms with Crippen molar-refractivity contribution in [2.24, 2.45) is 0 Å². The van der Waals surface area contributed by atoms with E-state index in [1.54, 1.807) is 0 Å². The fourth-order valence-corrected chi connectivity index (χ4v) is 3.20.